The molecule has 4 rings (SSSR count). The van der Waals surface area contributed by atoms with E-state index >= 15 is 0 Å². The fraction of sp³-hybridized carbons (Fsp3) is 0.500. The lowest BCUT2D eigenvalue weighted by molar-refractivity contribution is -0.145. The monoisotopic (exact) mass is 707 g/mol. The predicted octanol–water partition coefficient (Wildman–Crippen LogP) is 6.14. The van der Waals surface area contributed by atoms with Crippen LogP contribution >= 0.6 is 0 Å². The Balaban J connectivity index is 1.27. The first-order valence-electron chi connectivity index (χ1n) is 17.0. The van der Waals surface area contributed by atoms with Crippen LogP contribution in [0.5, 0.6) is 0 Å². The normalized spacial score (nSPS) is 17.8. The molecule has 3 amide bonds. The molecule has 0 aliphatic carbocycles. The molecule has 0 aromatic heterocycles. The van der Waals surface area contributed by atoms with Gasteiger partial charge in [0.05, 0.1) is 26.8 Å². The average Bonchev–Trinajstić information content (AvgIpc) is 3.72. The number of alkyl carbamates (subject to hydrolysis) is 1. The number of carboxylic acid groups (broad SMARTS) is 1. The van der Waals surface area contributed by atoms with Gasteiger partial charge in [0.2, 0.25) is 0 Å². The van der Waals surface area contributed by atoms with Crippen molar-refractivity contribution >= 4 is 36.3 Å². The zero-order valence-corrected chi connectivity index (χ0v) is 30.2. The molecule has 0 unspecified atom stereocenters. The van der Waals surface area contributed by atoms with Crippen LogP contribution in [0.4, 0.5) is 14.4 Å². The molecule has 0 bridgehead atoms. The van der Waals surface area contributed by atoms with Gasteiger partial charge in [-0.15, -0.1) is 0 Å². The lowest BCUT2D eigenvalue weighted by Crippen LogP contribution is -2.49. The molecular weight excluding hydrogens is 658 g/mol. The summed E-state index contributed by atoms with van der Waals surface area (Å²) in [6, 6.07) is 13.0. The summed E-state index contributed by atoms with van der Waals surface area (Å²) in [7, 11) is 1.24. The largest absolute Gasteiger partial charge is 0.480 e. The van der Waals surface area contributed by atoms with E-state index in [1.807, 2.05) is 74.5 Å². The second-order valence-corrected chi connectivity index (χ2v) is 14.8. The van der Waals surface area contributed by atoms with E-state index < -0.39 is 53.8 Å². The molecule has 2 aliphatic heterocycles. The predicted molar refractivity (Wildman–Crippen MR) is 187 cm³/mol. The summed E-state index contributed by atoms with van der Waals surface area (Å²) in [4.78, 5) is 65.5. The molecule has 2 aliphatic rings. The standard InChI is InChI=1S/C38H49N3O10/c1-37(2,3)31(32(42)43)39-34(45)50-24-38(4,5)18-11-10-15-26-16-12-17-27-20-40(22-29(26)27)35(46)51-28-19-30(33(44)48-6)41(21-28)36(47)49-23-25-13-8-7-9-14-25/h7-10,12-17,28,30-31H,11,18-24H2,1-6H3,(H,39,45)(H,42,43)/b15-10+/t28-,30+,31-/m1/s1. The summed E-state index contributed by atoms with van der Waals surface area (Å²) in [5.41, 5.74) is 2.74. The number of allylic oxidation sites excluding steroid dienone is 1. The number of rotatable bonds is 12. The number of carbonyl (C=O) groups is 5. The fourth-order valence-electron chi connectivity index (χ4n) is 6.02. The number of fused-ring (bicyclic) bond motifs is 1. The van der Waals surface area contributed by atoms with Gasteiger partial charge in [0.15, 0.2) is 0 Å². The van der Waals surface area contributed by atoms with Crippen LogP contribution in [0.3, 0.4) is 0 Å². The number of amides is 3. The Kier molecular flexibility index (Phi) is 12.7. The molecule has 2 N–H and O–H groups in total. The third kappa shape index (κ3) is 10.7. The third-order valence-corrected chi connectivity index (χ3v) is 8.98. The Morgan fingerprint density at radius 2 is 1.69 bits per heavy atom. The van der Waals surface area contributed by atoms with Crippen molar-refractivity contribution in [2.24, 2.45) is 10.8 Å². The maximum absolute atomic E-state index is 13.3. The number of hydrogen-bond donors (Lipinski definition) is 2. The van der Waals surface area contributed by atoms with Crippen molar-refractivity contribution in [1.29, 1.82) is 0 Å². The van der Waals surface area contributed by atoms with Crippen LogP contribution in [0.2, 0.25) is 0 Å². The summed E-state index contributed by atoms with van der Waals surface area (Å²) in [6.07, 6.45) is 2.82. The Hall–Kier alpha value is -5.07. The van der Waals surface area contributed by atoms with Crippen LogP contribution in [-0.4, -0.2) is 83.6 Å². The van der Waals surface area contributed by atoms with E-state index in [1.165, 1.54) is 12.0 Å². The fourth-order valence-corrected chi connectivity index (χ4v) is 6.02. The maximum Gasteiger partial charge on any atom is 0.410 e. The van der Waals surface area contributed by atoms with Crippen molar-refractivity contribution in [3.05, 3.63) is 76.9 Å². The molecule has 13 nitrogen and oxygen atoms in total. The van der Waals surface area contributed by atoms with Crippen molar-refractivity contribution in [3.63, 3.8) is 0 Å². The van der Waals surface area contributed by atoms with Gasteiger partial charge in [-0.3, -0.25) is 9.80 Å². The van der Waals surface area contributed by atoms with E-state index in [4.69, 9.17) is 18.9 Å². The van der Waals surface area contributed by atoms with Crippen LogP contribution in [0.25, 0.3) is 6.08 Å². The van der Waals surface area contributed by atoms with E-state index in [0.29, 0.717) is 25.9 Å². The lowest BCUT2D eigenvalue weighted by Gasteiger charge is -2.28. The number of methoxy groups -OCH3 is 1. The molecule has 3 atom stereocenters. The smallest absolute Gasteiger partial charge is 0.410 e. The number of carbonyl (C=O) groups excluding carboxylic acids is 4. The van der Waals surface area contributed by atoms with Crippen LogP contribution in [0.15, 0.2) is 54.6 Å². The first-order valence-corrected chi connectivity index (χ1v) is 17.0. The molecular formula is C38H49N3O10. The van der Waals surface area contributed by atoms with E-state index in [-0.39, 0.29) is 31.6 Å². The van der Waals surface area contributed by atoms with E-state index in [2.05, 4.69) is 5.32 Å². The van der Waals surface area contributed by atoms with Crippen molar-refractivity contribution in [2.45, 2.75) is 91.8 Å². The molecule has 0 saturated carbocycles. The molecule has 13 heteroatoms. The molecule has 2 aromatic carbocycles. The van der Waals surface area contributed by atoms with Crippen molar-refractivity contribution < 1.29 is 48.0 Å². The van der Waals surface area contributed by atoms with Crippen LogP contribution < -0.4 is 5.32 Å². The number of hydrogen-bond acceptors (Lipinski definition) is 9. The van der Waals surface area contributed by atoms with Gasteiger partial charge in [-0.05, 0) is 45.9 Å². The highest BCUT2D eigenvalue weighted by molar-refractivity contribution is 5.82. The Morgan fingerprint density at radius 3 is 2.35 bits per heavy atom. The molecule has 0 radical (unpaired) electrons. The van der Waals surface area contributed by atoms with Gasteiger partial charge in [-0.1, -0.05) is 95.3 Å². The first kappa shape index (κ1) is 38.7. The lowest BCUT2D eigenvalue weighted by atomic mass is 9.87. The van der Waals surface area contributed by atoms with Crippen molar-refractivity contribution in [1.82, 2.24) is 15.1 Å². The zero-order chi connectivity index (χ0) is 37.3. The minimum absolute atomic E-state index is 0.000260. The Labute approximate surface area is 298 Å². The molecule has 51 heavy (non-hydrogen) atoms. The summed E-state index contributed by atoms with van der Waals surface area (Å²) < 4.78 is 21.5. The van der Waals surface area contributed by atoms with Crippen LogP contribution in [0, 0.1) is 10.8 Å². The molecule has 1 fully saturated rings. The van der Waals surface area contributed by atoms with E-state index in [9.17, 15) is 29.1 Å². The van der Waals surface area contributed by atoms with Crippen molar-refractivity contribution in [3.8, 4) is 0 Å². The molecule has 2 heterocycles. The number of carboxylic acids is 1. The quantitative estimate of drug-likeness (QED) is 0.194. The number of esters is 1. The number of benzene rings is 2. The molecule has 2 aromatic rings. The summed E-state index contributed by atoms with van der Waals surface area (Å²) in [6.45, 7) is 9.99. The van der Waals surface area contributed by atoms with Crippen LogP contribution in [-0.2, 0) is 48.2 Å². The zero-order valence-electron chi connectivity index (χ0n) is 30.2. The number of ether oxygens (including phenoxy) is 4. The summed E-state index contributed by atoms with van der Waals surface area (Å²) in [5.74, 6) is -1.73. The maximum atomic E-state index is 13.3. The minimum Gasteiger partial charge on any atom is -0.480 e. The number of nitrogens with one attached hydrogen (secondary N) is 1. The van der Waals surface area contributed by atoms with E-state index in [1.54, 1.807) is 25.7 Å². The molecule has 0 spiro atoms. The summed E-state index contributed by atoms with van der Waals surface area (Å²) >= 11 is 0. The minimum atomic E-state index is -1.12. The van der Waals surface area contributed by atoms with Crippen LogP contribution in [0.1, 0.15) is 76.1 Å². The SMILES string of the molecule is COC(=O)[C@@H]1C[C@@H](OC(=O)N2Cc3cccc(/C=C/CCC(C)(C)COC(=O)N[C@H](C(=O)O)C(C)(C)C)c3C2)CN1C(=O)OCc1ccccc1. The number of nitrogens with zero attached hydrogens (tertiary/aromatic N) is 2. The van der Waals surface area contributed by atoms with E-state index in [0.717, 1.165) is 22.3 Å². The number of aliphatic carboxylic acids is 1. The Morgan fingerprint density at radius 1 is 0.961 bits per heavy atom. The molecule has 1 saturated heterocycles. The topological polar surface area (TPSA) is 161 Å². The van der Waals surface area contributed by atoms with Gasteiger partial charge in [0.25, 0.3) is 0 Å². The van der Waals surface area contributed by atoms with Crippen molar-refractivity contribution in [2.75, 3.05) is 20.3 Å². The highest BCUT2D eigenvalue weighted by Gasteiger charge is 2.44. The van der Waals surface area contributed by atoms with Gasteiger partial charge >= 0.3 is 30.2 Å². The van der Waals surface area contributed by atoms with Gasteiger partial charge in [0.1, 0.15) is 24.8 Å². The summed E-state index contributed by atoms with van der Waals surface area (Å²) in [5, 5.41) is 11.9. The van der Waals surface area contributed by atoms with Gasteiger partial charge in [-0.2, -0.15) is 0 Å². The molecule has 276 valence electrons. The second kappa shape index (κ2) is 16.8. The first-order chi connectivity index (χ1) is 24.1. The highest BCUT2D eigenvalue weighted by atomic mass is 16.6. The van der Waals surface area contributed by atoms with Gasteiger partial charge in [0, 0.05) is 13.0 Å². The second-order valence-electron chi connectivity index (χ2n) is 14.8. The number of likely N-dealkylation sites (tertiary alicyclic amines) is 1. The van der Waals surface area contributed by atoms with Gasteiger partial charge in [-0.25, -0.2) is 24.0 Å². The van der Waals surface area contributed by atoms with Gasteiger partial charge < -0.3 is 29.4 Å². The average molecular weight is 708 g/mol. The Bertz CT molecular complexity index is 1600. The third-order valence-electron chi connectivity index (χ3n) is 8.98. The highest BCUT2D eigenvalue weighted by Crippen LogP contribution is 2.30.